The second-order valence-corrected chi connectivity index (χ2v) is 4.39. The molecule has 0 bridgehead atoms. The van der Waals surface area contributed by atoms with Crippen molar-refractivity contribution in [1.82, 2.24) is 10.0 Å². The zero-order valence-corrected chi connectivity index (χ0v) is 9.50. The van der Waals surface area contributed by atoms with Gasteiger partial charge in [0.2, 0.25) is 0 Å². The highest BCUT2D eigenvalue weighted by atomic mass is 16.7. The molecule has 0 atom stereocenters. The molecular formula is C11H20N2O. The molecule has 1 N–H and O–H groups in total. The van der Waals surface area contributed by atoms with Crippen molar-refractivity contribution in [2.75, 3.05) is 0 Å². The predicted octanol–water partition coefficient (Wildman–Crippen LogP) is 2.33. The van der Waals surface area contributed by atoms with Gasteiger partial charge in [-0.2, -0.15) is 5.48 Å². The van der Waals surface area contributed by atoms with Crippen LogP contribution in [0.3, 0.4) is 0 Å². The van der Waals surface area contributed by atoms with E-state index in [1.54, 1.807) is 0 Å². The summed E-state index contributed by atoms with van der Waals surface area (Å²) in [6.45, 7) is 9.97. The lowest BCUT2D eigenvalue weighted by atomic mass is 10.2. The monoisotopic (exact) mass is 196 g/mol. The fourth-order valence-electron chi connectivity index (χ4n) is 1.13. The highest BCUT2D eigenvalue weighted by molar-refractivity contribution is 5.09. The predicted molar refractivity (Wildman–Crippen MR) is 57.8 cm³/mol. The summed E-state index contributed by atoms with van der Waals surface area (Å²) in [6.07, 6.45) is 4.20. The molecule has 0 saturated heterocycles. The minimum Gasteiger partial charge on any atom is -0.354 e. The fraction of sp³-hybridized carbons (Fsp3) is 0.636. The summed E-state index contributed by atoms with van der Waals surface area (Å²) in [4.78, 5) is 5.42. The molecule has 3 nitrogen and oxygen atoms in total. The second-order valence-electron chi connectivity index (χ2n) is 4.39. The van der Waals surface area contributed by atoms with Gasteiger partial charge < -0.3 is 4.57 Å². The zero-order valence-electron chi connectivity index (χ0n) is 9.50. The lowest BCUT2D eigenvalue weighted by Gasteiger charge is -2.18. The van der Waals surface area contributed by atoms with E-state index in [2.05, 4.69) is 35.4 Å². The third-order valence-electron chi connectivity index (χ3n) is 1.83. The van der Waals surface area contributed by atoms with Crippen LogP contribution in [0.25, 0.3) is 0 Å². The lowest BCUT2D eigenvalue weighted by Crippen LogP contribution is -2.28. The Labute approximate surface area is 86.0 Å². The Hall–Kier alpha value is -0.800. The van der Waals surface area contributed by atoms with Crippen LogP contribution in [0.5, 0.6) is 0 Å². The van der Waals surface area contributed by atoms with Crippen molar-refractivity contribution in [3.8, 4) is 0 Å². The number of hydroxylamine groups is 1. The molecule has 0 saturated carbocycles. The van der Waals surface area contributed by atoms with Crippen molar-refractivity contribution in [3.05, 3.63) is 24.0 Å². The van der Waals surface area contributed by atoms with E-state index in [-0.39, 0.29) is 5.60 Å². The highest BCUT2D eigenvalue weighted by Crippen LogP contribution is 2.05. The Morgan fingerprint density at radius 2 is 2.14 bits per heavy atom. The molecule has 0 amide bonds. The first-order valence-corrected chi connectivity index (χ1v) is 5.07. The largest absolute Gasteiger partial charge is 0.354 e. The average molecular weight is 196 g/mol. The fourth-order valence-corrected chi connectivity index (χ4v) is 1.13. The van der Waals surface area contributed by atoms with Gasteiger partial charge in [0, 0.05) is 25.5 Å². The zero-order chi connectivity index (χ0) is 10.6. The molecule has 80 valence electrons. The average Bonchev–Trinajstić information content (AvgIpc) is 2.50. The molecule has 0 radical (unpaired) electrons. The van der Waals surface area contributed by atoms with E-state index < -0.39 is 0 Å². The van der Waals surface area contributed by atoms with Gasteiger partial charge in [-0.15, -0.1) is 0 Å². The van der Waals surface area contributed by atoms with Crippen molar-refractivity contribution in [2.24, 2.45) is 0 Å². The van der Waals surface area contributed by atoms with Gasteiger partial charge in [-0.05, 0) is 39.3 Å². The Bertz CT molecular complexity index is 273. The number of hydrogen-bond donors (Lipinski definition) is 1. The Kier molecular flexibility index (Phi) is 3.72. The lowest BCUT2D eigenvalue weighted by molar-refractivity contribution is -0.0757. The first-order chi connectivity index (χ1) is 6.51. The van der Waals surface area contributed by atoms with Crippen LogP contribution in [0.1, 0.15) is 33.3 Å². The van der Waals surface area contributed by atoms with Crippen LogP contribution in [0, 0.1) is 0 Å². The highest BCUT2D eigenvalue weighted by Gasteiger charge is 2.09. The van der Waals surface area contributed by atoms with Crippen molar-refractivity contribution in [1.29, 1.82) is 0 Å². The molecule has 3 heteroatoms. The van der Waals surface area contributed by atoms with Gasteiger partial charge in [0.05, 0.1) is 5.60 Å². The summed E-state index contributed by atoms with van der Waals surface area (Å²) >= 11 is 0. The quantitative estimate of drug-likeness (QED) is 0.748. The third-order valence-corrected chi connectivity index (χ3v) is 1.83. The molecule has 1 aromatic rings. The van der Waals surface area contributed by atoms with Crippen molar-refractivity contribution < 1.29 is 4.84 Å². The van der Waals surface area contributed by atoms with E-state index in [0.717, 1.165) is 13.1 Å². The molecule has 14 heavy (non-hydrogen) atoms. The van der Waals surface area contributed by atoms with Crippen LogP contribution < -0.4 is 5.48 Å². The maximum atomic E-state index is 5.42. The number of aromatic nitrogens is 1. The standard InChI is InChI=1S/C11H20N2O/c1-5-13-7-6-10(9-13)8-12-14-11(2,3)4/h6-7,9,12H,5,8H2,1-4H3. The summed E-state index contributed by atoms with van der Waals surface area (Å²) in [6, 6.07) is 2.10. The number of rotatable bonds is 4. The summed E-state index contributed by atoms with van der Waals surface area (Å²) in [5.74, 6) is 0. The molecule has 0 fully saturated rings. The summed E-state index contributed by atoms with van der Waals surface area (Å²) in [5.41, 5.74) is 4.08. The molecule has 0 aliphatic heterocycles. The molecular weight excluding hydrogens is 176 g/mol. The SMILES string of the molecule is CCn1ccc(CNOC(C)(C)C)c1. The van der Waals surface area contributed by atoms with Crippen LogP contribution in [0.2, 0.25) is 0 Å². The van der Waals surface area contributed by atoms with Crippen molar-refractivity contribution in [2.45, 2.75) is 46.4 Å². The van der Waals surface area contributed by atoms with Gasteiger partial charge in [0.1, 0.15) is 0 Å². The first kappa shape index (κ1) is 11.3. The summed E-state index contributed by atoms with van der Waals surface area (Å²) in [5, 5.41) is 0. The van der Waals surface area contributed by atoms with E-state index in [0.29, 0.717) is 0 Å². The van der Waals surface area contributed by atoms with Crippen molar-refractivity contribution >= 4 is 0 Å². The minimum atomic E-state index is -0.132. The summed E-state index contributed by atoms with van der Waals surface area (Å²) in [7, 11) is 0. The maximum absolute atomic E-state index is 5.42. The van der Waals surface area contributed by atoms with Gasteiger partial charge in [-0.25, -0.2) is 0 Å². The van der Waals surface area contributed by atoms with Crippen LogP contribution in [-0.2, 0) is 17.9 Å². The van der Waals surface area contributed by atoms with Gasteiger partial charge in [-0.1, -0.05) is 0 Å². The van der Waals surface area contributed by atoms with E-state index in [4.69, 9.17) is 4.84 Å². The molecule has 0 aliphatic rings. The Morgan fingerprint density at radius 3 is 2.64 bits per heavy atom. The number of aryl methyl sites for hydroxylation is 1. The third kappa shape index (κ3) is 3.94. The maximum Gasteiger partial charge on any atom is 0.0813 e. The van der Waals surface area contributed by atoms with Gasteiger partial charge in [-0.3, -0.25) is 4.84 Å². The number of hydrogen-bond acceptors (Lipinski definition) is 2. The summed E-state index contributed by atoms with van der Waals surface area (Å²) < 4.78 is 2.15. The molecule has 1 rings (SSSR count). The number of nitrogens with zero attached hydrogens (tertiary/aromatic N) is 1. The minimum absolute atomic E-state index is 0.132. The molecule has 1 aromatic heterocycles. The Morgan fingerprint density at radius 1 is 1.43 bits per heavy atom. The number of nitrogens with one attached hydrogen (secondary N) is 1. The van der Waals surface area contributed by atoms with Crippen LogP contribution in [0.4, 0.5) is 0 Å². The molecule has 0 spiro atoms. The molecule has 0 aromatic carbocycles. The van der Waals surface area contributed by atoms with Gasteiger partial charge in [0.25, 0.3) is 0 Å². The Balaban J connectivity index is 2.31. The smallest absolute Gasteiger partial charge is 0.0813 e. The molecule has 0 unspecified atom stereocenters. The van der Waals surface area contributed by atoms with Gasteiger partial charge in [0.15, 0.2) is 0 Å². The van der Waals surface area contributed by atoms with Gasteiger partial charge >= 0.3 is 0 Å². The van der Waals surface area contributed by atoms with Crippen LogP contribution in [0.15, 0.2) is 18.5 Å². The topological polar surface area (TPSA) is 26.2 Å². The van der Waals surface area contributed by atoms with Crippen LogP contribution >= 0.6 is 0 Å². The molecule has 0 aliphatic carbocycles. The van der Waals surface area contributed by atoms with Crippen LogP contribution in [-0.4, -0.2) is 10.2 Å². The van der Waals surface area contributed by atoms with E-state index in [1.807, 2.05) is 20.8 Å². The van der Waals surface area contributed by atoms with E-state index >= 15 is 0 Å². The molecule has 1 heterocycles. The van der Waals surface area contributed by atoms with E-state index in [1.165, 1.54) is 5.56 Å². The normalized spacial score (nSPS) is 12.0. The van der Waals surface area contributed by atoms with Crippen molar-refractivity contribution in [3.63, 3.8) is 0 Å². The first-order valence-electron chi connectivity index (χ1n) is 5.07. The van der Waals surface area contributed by atoms with E-state index in [9.17, 15) is 0 Å². The second kappa shape index (κ2) is 4.62.